The van der Waals surface area contributed by atoms with Crippen molar-refractivity contribution in [3.8, 4) is 11.3 Å². The molecule has 9 nitrogen and oxygen atoms in total. The normalized spacial score (nSPS) is 11.0. The van der Waals surface area contributed by atoms with Crippen LogP contribution in [-0.2, 0) is 25.4 Å². The molecule has 0 radical (unpaired) electrons. The summed E-state index contributed by atoms with van der Waals surface area (Å²) in [5.41, 5.74) is 1.19. The fraction of sp³-hybridized carbons (Fsp3) is 0.190. The molecule has 0 saturated carbocycles. The van der Waals surface area contributed by atoms with Crippen molar-refractivity contribution in [3.05, 3.63) is 75.5 Å². The van der Waals surface area contributed by atoms with Crippen molar-refractivity contribution in [2.45, 2.75) is 6.54 Å². The second kappa shape index (κ2) is 8.15. The van der Waals surface area contributed by atoms with Crippen LogP contribution in [0, 0.1) is 0 Å². The minimum atomic E-state index is -0.501. The van der Waals surface area contributed by atoms with E-state index < -0.39 is 11.2 Å². The predicted octanol–water partition coefficient (Wildman–Crippen LogP) is 1.78. The number of aryl methyl sites for hydroxylation is 1. The molecule has 1 amide bonds. The number of imidazole rings is 1. The smallest absolute Gasteiger partial charge is 0.315 e. The number of fused-ring (bicyclic) bond motifs is 1. The van der Waals surface area contributed by atoms with Crippen LogP contribution >= 0.6 is 11.3 Å². The Labute approximate surface area is 181 Å². The number of anilines is 1. The van der Waals surface area contributed by atoms with Crippen LogP contribution in [0.5, 0.6) is 0 Å². The number of nitrogens with zero attached hydrogens (tertiary/aromatic N) is 6. The van der Waals surface area contributed by atoms with Crippen LogP contribution in [-0.4, -0.2) is 36.1 Å². The van der Waals surface area contributed by atoms with Gasteiger partial charge in [-0.3, -0.25) is 23.6 Å². The summed E-state index contributed by atoms with van der Waals surface area (Å²) in [4.78, 5) is 48.2. The summed E-state index contributed by atoms with van der Waals surface area (Å²) in [7, 11) is 2.93. The highest BCUT2D eigenvalue weighted by Crippen LogP contribution is 2.27. The lowest BCUT2D eigenvalue weighted by Crippen LogP contribution is -2.38. The number of benzene rings is 1. The third kappa shape index (κ3) is 3.61. The van der Waals surface area contributed by atoms with Gasteiger partial charge in [0.15, 0.2) is 16.3 Å². The van der Waals surface area contributed by atoms with Crippen molar-refractivity contribution < 1.29 is 4.79 Å². The zero-order valence-corrected chi connectivity index (χ0v) is 17.9. The Morgan fingerprint density at radius 1 is 1.19 bits per heavy atom. The van der Waals surface area contributed by atoms with Gasteiger partial charge in [-0.25, -0.2) is 14.8 Å². The average molecular weight is 436 g/mol. The first-order chi connectivity index (χ1) is 14.9. The Balaban J connectivity index is 1.68. The number of hydrogen-bond acceptors (Lipinski definition) is 6. The van der Waals surface area contributed by atoms with E-state index in [4.69, 9.17) is 0 Å². The molecule has 0 saturated heterocycles. The lowest BCUT2D eigenvalue weighted by atomic mass is 10.2. The van der Waals surface area contributed by atoms with E-state index in [9.17, 15) is 14.4 Å². The molecule has 0 N–H and O–H groups in total. The number of amides is 1. The zero-order chi connectivity index (χ0) is 22.1. The van der Waals surface area contributed by atoms with E-state index in [0.29, 0.717) is 5.13 Å². The third-order valence-corrected chi connectivity index (χ3v) is 5.79. The van der Waals surface area contributed by atoms with Crippen molar-refractivity contribution in [1.29, 1.82) is 0 Å². The molecule has 4 aromatic rings. The Morgan fingerprint density at radius 3 is 2.65 bits per heavy atom. The number of carbonyl (C=O) groups excluding carboxylic acids is 1. The SMILES string of the molecule is C=CCN(C(=O)Cn1cnc2c1c(=O)n(C)c(=O)n2C)c1nc(-c2ccccc2)cs1. The number of aromatic nitrogens is 5. The van der Waals surface area contributed by atoms with Gasteiger partial charge >= 0.3 is 5.69 Å². The summed E-state index contributed by atoms with van der Waals surface area (Å²) >= 11 is 1.36. The summed E-state index contributed by atoms with van der Waals surface area (Å²) in [5, 5.41) is 2.43. The number of carbonyl (C=O) groups is 1. The van der Waals surface area contributed by atoms with E-state index >= 15 is 0 Å². The third-order valence-electron chi connectivity index (χ3n) is 4.93. The van der Waals surface area contributed by atoms with Gasteiger partial charge in [-0.15, -0.1) is 17.9 Å². The quantitative estimate of drug-likeness (QED) is 0.430. The standard InChI is InChI=1S/C21H20N6O3S/c1-4-10-27(20-23-15(12-31-20)14-8-6-5-7-9-14)16(28)11-26-13-22-18-17(26)19(29)25(3)21(30)24(18)2/h4-9,12-13H,1,10-11H2,2-3H3. The van der Waals surface area contributed by atoms with Gasteiger partial charge in [0.2, 0.25) is 5.91 Å². The second-order valence-corrected chi connectivity index (χ2v) is 7.76. The molecular weight excluding hydrogens is 416 g/mol. The molecule has 0 atom stereocenters. The number of hydrogen-bond donors (Lipinski definition) is 0. The van der Waals surface area contributed by atoms with Crippen LogP contribution in [0.3, 0.4) is 0 Å². The van der Waals surface area contributed by atoms with Gasteiger partial charge in [0.05, 0.1) is 12.0 Å². The van der Waals surface area contributed by atoms with Gasteiger partial charge in [-0.05, 0) is 0 Å². The largest absolute Gasteiger partial charge is 0.332 e. The molecule has 3 aromatic heterocycles. The molecule has 0 aliphatic rings. The first kappa shape index (κ1) is 20.5. The molecule has 10 heteroatoms. The molecule has 158 valence electrons. The summed E-state index contributed by atoms with van der Waals surface area (Å²) in [6.07, 6.45) is 3.02. The monoisotopic (exact) mass is 436 g/mol. The van der Waals surface area contributed by atoms with E-state index in [1.54, 1.807) is 6.08 Å². The number of rotatable bonds is 6. The zero-order valence-electron chi connectivity index (χ0n) is 17.1. The van der Waals surface area contributed by atoms with Gasteiger partial charge in [0.25, 0.3) is 5.56 Å². The van der Waals surface area contributed by atoms with Crippen molar-refractivity contribution in [3.63, 3.8) is 0 Å². The first-order valence-electron chi connectivity index (χ1n) is 9.45. The summed E-state index contributed by atoms with van der Waals surface area (Å²) < 4.78 is 3.74. The predicted molar refractivity (Wildman–Crippen MR) is 120 cm³/mol. The minimum absolute atomic E-state index is 0.127. The molecule has 1 aromatic carbocycles. The second-order valence-electron chi connectivity index (χ2n) is 6.92. The van der Waals surface area contributed by atoms with Crippen molar-refractivity contribution in [2.24, 2.45) is 14.1 Å². The van der Waals surface area contributed by atoms with Crippen LogP contribution in [0.15, 0.2) is 64.3 Å². The molecule has 0 bridgehead atoms. The molecule has 0 unspecified atom stereocenters. The topological polar surface area (TPSA) is 95.0 Å². The van der Waals surface area contributed by atoms with Gasteiger partial charge in [-0.1, -0.05) is 36.4 Å². The maximum atomic E-state index is 13.2. The maximum Gasteiger partial charge on any atom is 0.332 e. The van der Waals surface area contributed by atoms with Crippen LogP contribution < -0.4 is 16.1 Å². The fourth-order valence-electron chi connectivity index (χ4n) is 3.29. The van der Waals surface area contributed by atoms with Crippen LogP contribution in [0.25, 0.3) is 22.4 Å². The van der Waals surface area contributed by atoms with E-state index in [1.807, 2.05) is 35.7 Å². The van der Waals surface area contributed by atoms with Crippen molar-refractivity contribution in [1.82, 2.24) is 23.7 Å². The molecule has 4 rings (SSSR count). The Morgan fingerprint density at radius 2 is 1.94 bits per heavy atom. The van der Waals surface area contributed by atoms with Crippen molar-refractivity contribution in [2.75, 3.05) is 11.4 Å². The summed E-state index contributed by atoms with van der Waals surface area (Å²) in [5.74, 6) is -0.274. The van der Waals surface area contributed by atoms with E-state index in [1.165, 1.54) is 45.8 Å². The van der Waals surface area contributed by atoms with Crippen LogP contribution in [0.1, 0.15) is 0 Å². The Bertz CT molecular complexity index is 1400. The Hall–Kier alpha value is -3.79. The molecular formula is C21H20N6O3S. The summed E-state index contributed by atoms with van der Waals surface area (Å²) in [6, 6.07) is 9.70. The van der Waals surface area contributed by atoms with Gasteiger partial charge in [-0.2, -0.15) is 0 Å². The van der Waals surface area contributed by atoms with Gasteiger partial charge in [0.1, 0.15) is 6.54 Å². The molecule has 3 heterocycles. The Kier molecular flexibility index (Phi) is 5.38. The van der Waals surface area contributed by atoms with E-state index in [2.05, 4.69) is 16.5 Å². The minimum Gasteiger partial charge on any atom is -0.315 e. The highest BCUT2D eigenvalue weighted by Gasteiger charge is 2.21. The highest BCUT2D eigenvalue weighted by molar-refractivity contribution is 7.14. The fourth-order valence-corrected chi connectivity index (χ4v) is 4.15. The molecule has 0 aliphatic carbocycles. The van der Waals surface area contributed by atoms with Crippen LogP contribution in [0.2, 0.25) is 0 Å². The maximum absolute atomic E-state index is 13.2. The molecule has 0 fully saturated rings. The number of thiazole rings is 1. The first-order valence-corrected chi connectivity index (χ1v) is 10.3. The van der Waals surface area contributed by atoms with E-state index in [0.717, 1.165) is 15.8 Å². The van der Waals surface area contributed by atoms with E-state index in [-0.39, 0.29) is 30.2 Å². The molecule has 31 heavy (non-hydrogen) atoms. The molecule has 0 aliphatic heterocycles. The average Bonchev–Trinajstić information content (AvgIpc) is 3.43. The van der Waals surface area contributed by atoms with Gasteiger partial charge in [0, 0.05) is 31.6 Å². The highest BCUT2D eigenvalue weighted by atomic mass is 32.1. The lowest BCUT2D eigenvalue weighted by molar-refractivity contribution is -0.119. The summed E-state index contributed by atoms with van der Waals surface area (Å²) in [6.45, 7) is 3.88. The van der Waals surface area contributed by atoms with Crippen LogP contribution in [0.4, 0.5) is 5.13 Å². The van der Waals surface area contributed by atoms with Crippen molar-refractivity contribution >= 4 is 33.5 Å². The lowest BCUT2D eigenvalue weighted by Gasteiger charge is -2.18. The van der Waals surface area contributed by atoms with Gasteiger partial charge < -0.3 is 4.57 Å². The molecule has 0 spiro atoms.